The molecule has 0 N–H and O–H groups in total. The number of rotatable bonds is 2. The summed E-state index contributed by atoms with van der Waals surface area (Å²) in [5, 5.41) is 0. The standard InChI is InChI=1S/C15H21N3O3/c1-20-14(19)12-9-16-11-17-13(12)18-7-4-6-15(10-18)5-2-3-8-21-15/h9,11H,2-8,10H2,1H3. The van der Waals surface area contributed by atoms with Crippen LogP contribution in [0.15, 0.2) is 12.5 Å². The van der Waals surface area contributed by atoms with Crippen molar-refractivity contribution in [3.05, 3.63) is 18.1 Å². The van der Waals surface area contributed by atoms with Gasteiger partial charge >= 0.3 is 5.97 Å². The van der Waals surface area contributed by atoms with E-state index in [1.165, 1.54) is 26.1 Å². The molecule has 0 bridgehead atoms. The van der Waals surface area contributed by atoms with Gasteiger partial charge in [-0.15, -0.1) is 0 Å². The van der Waals surface area contributed by atoms with Crippen LogP contribution in [0, 0.1) is 0 Å². The lowest BCUT2D eigenvalue weighted by Crippen LogP contribution is -2.52. The third-order valence-electron chi connectivity index (χ3n) is 4.37. The van der Waals surface area contributed by atoms with E-state index in [4.69, 9.17) is 9.47 Å². The molecule has 1 spiro atoms. The summed E-state index contributed by atoms with van der Waals surface area (Å²) >= 11 is 0. The average molecular weight is 291 g/mol. The van der Waals surface area contributed by atoms with Crippen molar-refractivity contribution < 1.29 is 14.3 Å². The predicted octanol–water partition coefficient (Wildman–Crippen LogP) is 1.80. The Bertz CT molecular complexity index is 509. The molecule has 1 unspecified atom stereocenters. The van der Waals surface area contributed by atoms with Gasteiger partial charge in [0.1, 0.15) is 17.7 Å². The van der Waals surface area contributed by atoms with Crippen molar-refractivity contribution in [1.29, 1.82) is 0 Å². The maximum absolute atomic E-state index is 11.9. The zero-order valence-electron chi connectivity index (χ0n) is 12.4. The number of anilines is 1. The van der Waals surface area contributed by atoms with Gasteiger partial charge in [0, 0.05) is 25.9 Å². The van der Waals surface area contributed by atoms with Crippen LogP contribution in [0.5, 0.6) is 0 Å². The minimum Gasteiger partial charge on any atom is -0.465 e. The van der Waals surface area contributed by atoms with E-state index in [0.29, 0.717) is 11.4 Å². The minimum absolute atomic E-state index is 0.0746. The maximum Gasteiger partial charge on any atom is 0.343 e. The lowest BCUT2D eigenvalue weighted by Gasteiger charge is -2.45. The molecule has 0 amide bonds. The van der Waals surface area contributed by atoms with Crippen LogP contribution in [0.2, 0.25) is 0 Å². The summed E-state index contributed by atoms with van der Waals surface area (Å²) < 4.78 is 10.9. The Morgan fingerprint density at radius 2 is 2.24 bits per heavy atom. The van der Waals surface area contributed by atoms with Gasteiger partial charge in [0.05, 0.1) is 12.7 Å². The van der Waals surface area contributed by atoms with Crippen molar-refractivity contribution in [3.63, 3.8) is 0 Å². The van der Waals surface area contributed by atoms with Crippen molar-refractivity contribution in [2.75, 3.05) is 31.7 Å². The molecule has 2 aliphatic rings. The molecular weight excluding hydrogens is 270 g/mol. The second-order valence-electron chi connectivity index (χ2n) is 5.77. The van der Waals surface area contributed by atoms with Gasteiger partial charge in [0.15, 0.2) is 0 Å². The highest BCUT2D eigenvalue weighted by atomic mass is 16.5. The lowest BCUT2D eigenvalue weighted by molar-refractivity contribution is -0.0847. The van der Waals surface area contributed by atoms with Crippen molar-refractivity contribution >= 4 is 11.8 Å². The molecule has 1 atom stereocenters. The number of nitrogens with zero attached hydrogens (tertiary/aromatic N) is 3. The van der Waals surface area contributed by atoms with Gasteiger partial charge in [0.2, 0.25) is 0 Å². The van der Waals surface area contributed by atoms with E-state index in [0.717, 1.165) is 45.4 Å². The third kappa shape index (κ3) is 2.85. The zero-order chi connectivity index (χ0) is 14.7. The summed E-state index contributed by atoms with van der Waals surface area (Å²) in [5.74, 6) is 0.264. The molecule has 0 aliphatic carbocycles. The number of hydrogen-bond donors (Lipinski definition) is 0. The second kappa shape index (κ2) is 5.97. The number of carbonyl (C=O) groups excluding carboxylic acids is 1. The molecule has 6 nitrogen and oxygen atoms in total. The molecule has 2 fully saturated rings. The fourth-order valence-electron chi connectivity index (χ4n) is 3.34. The molecule has 1 aromatic heterocycles. The Balaban J connectivity index is 1.85. The van der Waals surface area contributed by atoms with E-state index in [9.17, 15) is 4.79 Å². The van der Waals surface area contributed by atoms with Gasteiger partial charge in [-0.1, -0.05) is 0 Å². The normalized spacial score (nSPS) is 25.9. The highest BCUT2D eigenvalue weighted by Gasteiger charge is 2.39. The number of esters is 1. The topological polar surface area (TPSA) is 64.5 Å². The zero-order valence-corrected chi connectivity index (χ0v) is 12.4. The molecule has 21 heavy (non-hydrogen) atoms. The first-order valence-corrected chi connectivity index (χ1v) is 7.51. The fourth-order valence-corrected chi connectivity index (χ4v) is 3.34. The second-order valence-corrected chi connectivity index (χ2v) is 5.77. The summed E-state index contributed by atoms with van der Waals surface area (Å²) in [6.45, 7) is 2.50. The summed E-state index contributed by atoms with van der Waals surface area (Å²) in [5.41, 5.74) is 0.349. The predicted molar refractivity (Wildman–Crippen MR) is 77.4 cm³/mol. The maximum atomic E-state index is 11.9. The lowest BCUT2D eigenvalue weighted by atomic mass is 9.85. The Morgan fingerprint density at radius 3 is 3.00 bits per heavy atom. The van der Waals surface area contributed by atoms with Crippen LogP contribution >= 0.6 is 0 Å². The number of ether oxygens (including phenoxy) is 2. The number of methoxy groups -OCH3 is 1. The highest BCUT2D eigenvalue weighted by molar-refractivity contribution is 5.94. The van der Waals surface area contributed by atoms with Crippen molar-refractivity contribution in [2.24, 2.45) is 0 Å². The van der Waals surface area contributed by atoms with Crippen molar-refractivity contribution in [2.45, 2.75) is 37.7 Å². The van der Waals surface area contributed by atoms with E-state index < -0.39 is 5.97 Å². The first-order valence-electron chi connectivity index (χ1n) is 7.51. The molecule has 3 rings (SSSR count). The quantitative estimate of drug-likeness (QED) is 0.774. The van der Waals surface area contributed by atoms with E-state index >= 15 is 0 Å². The highest BCUT2D eigenvalue weighted by Crippen LogP contribution is 2.35. The first-order chi connectivity index (χ1) is 10.2. The van der Waals surface area contributed by atoms with Crippen LogP contribution in [0.3, 0.4) is 0 Å². The van der Waals surface area contributed by atoms with E-state index in [-0.39, 0.29) is 5.60 Å². The van der Waals surface area contributed by atoms with Crippen LogP contribution < -0.4 is 4.90 Å². The number of hydrogen-bond acceptors (Lipinski definition) is 6. The molecule has 6 heteroatoms. The summed E-state index contributed by atoms with van der Waals surface area (Å²) in [4.78, 5) is 22.3. The summed E-state index contributed by atoms with van der Waals surface area (Å²) in [6.07, 6.45) is 8.57. The molecular formula is C15H21N3O3. The number of carbonyl (C=O) groups is 1. The van der Waals surface area contributed by atoms with Crippen LogP contribution in [0.25, 0.3) is 0 Å². The van der Waals surface area contributed by atoms with Gasteiger partial charge < -0.3 is 14.4 Å². The fraction of sp³-hybridized carbons (Fsp3) is 0.667. The number of aromatic nitrogens is 2. The smallest absolute Gasteiger partial charge is 0.343 e. The summed E-state index contributed by atoms with van der Waals surface area (Å²) in [6, 6.07) is 0. The van der Waals surface area contributed by atoms with Gasteiger partial charge in [-0.3, -0.25) is 0 Å². The van der Waals surface area contributed by atoms with Crippen molar-refractivity contribution in [3.8, 4) is 0 Å². The Labute approximate surface area is 124 Å². The van der Waals surface area contributed by atoms with E-state index in [1.807, 2.05) is 0 Å². The van der Waals surface area contributed by atoms with Crippen molar-refractivity contribution in [1.82, 2.24) is 9.97 Å². The summed E-state index contributed by atoms with van der Waals surface area (Å²) in [7, 11) is 1.38. The molecule has 0 saturated carbocycles. The molecule has 1 aromatic rings. The Morgan fingerprint density at radius 1 is 1.38 bits per heavy atom. The Hall–Kier alpha value is -1.69. The van der Waals surface area contributed by atoms with Gasteiger partial charge in [0.25, 0.3) is 0 Å². The van der Waals surface area contributed by atoms with Crippen LogP contribution in [0.1, 0.15) is 42.5 Å². The number of piperidine rings is 1. The van der Waals surface area contributed by atoms with Gasteiger partial charge in [-0.2, -0.15) is 0 Å². The van der Waals surface area contributed by atoms with Gasteiger partial charge in [-0.05, 0) is 32.1 Å². The molecule has 0 radical (unpaired) electrons. The first kappa shape index (κ1) is 14.3. The average Bonchev–Trinajstić information content (AvgIpc) is 2.55. The third-order valence-corrected chi connectivity index (χ3v) is 4.37. The van der Waals surface area contributed by atoms with Crippen LogP contribution in [0.4, 0.5) is 5.82 Å². The monoisotopic (exact) mass is 291 g/mol. The van der Waals surface area contributed by atoms with Gasteiger partial charge in [-0.25, -0.2) is 14.8 Å². The van der Waals surface area contributed by atoms with E-state index in [1.54, 1.807) is 0 Å². The molecule has 2 aliphatic heterocycles. The Kier molecular flexibility index (Phi) is 4.05. The van der Waals surface area contributed by atoms with E-state index in [2.05, 4.69) is 14.9 Å². The molecule has 114 valence electrons. The SMILES string of the molecule is COC(=O)c1cncnc1N1CCCC2(CCCCO2)C1. The van der Waals surface area contributed by atoms with Crippen LogP contribution in [-0.2, 0) is 9.47 Å². The largest absolute Gasteiger partial charge is 0.465 e. The van der Waals surface area contributed by atoms with Crippen LogP contribution in [-0.4, -0.2) is 48.3 Å². The molecule has 2 saturated heterocycles. The molecule has 3 heterocycles. The minimum atomic E-state index is -0.394. The molecule has 0 aromatic carbocycles.